The second kappa shape index (κ2) is 7.07. The Morgan fingerprint density at radius 3 is 2.58 bits per heavy atom. The Morgan fingerprint density at radius 1 is 1.12 bits per heavy atom. The Bertz CT molecular complexity index is 871. The number of benzene rings is 2. The van der Waals surface area contributed by atoms with Gasteiger partial charge >= 0.3 is 0 Å². The Hall–Kier alpha value is -2.30. The van der Waals surface area contributed by atoms with Crippen LogP contribution in [-0.2, 0) is 0 Å². The van der Waals surface area contributed by atoms with Crippen molar-refractivity contribution in [2.75, 3.05) is 12.4 Å². The molecule has 2 aromatic carbocycles. The van der Waals surface area contributed by atoms with E-state index in [-0.39, 0.29) is 5.91 Å². The van der Waals surface area contributed by atoms with Crippen LogP contribution in [0.3, 0.4) is 0 Å². The quantitative estimate of drug-likeness (QED) is 0.656. The first-order chi connectivity index (χ1) is 11.6. The van der Waals surface area contributed by atoms with E-state index >= 15 is 0 Å². The predicted octanol–water partition coefficient (Wildman–Crippen LogP) is 5.64. The minimum atomic E-state index is -0.179. The van der Waals surface area contributed by atoms with Gasteiger partial charge in [-0.05, 0) is 42.1 Å². The summed E-state index contributed by atoms with van der Waals surface area (Å²) >= 11 is 7.43. The number of hydrogen-bond donors (Lipinski definition) is 1. The lowest BCUT2D eigenvalue weighted by Crippen LogP contribution is -2.12. The van der Waals surface area contributed by atoms with Gasteiger partial charge in [0, 0.05) is 10.6 Å². The number of halogens is 1. The first kappa shape index (κ1) is 16.6. The number of ether oxygens (including phenoxy) is 1. The number of anilines is 1. The maximum Gasteiger partial charge on any atom is 0.266 e. The molecule has 0 unspecified atom stereocenters. The van der Waals surface area contributed by atoms with Crippen molar-refractivity contribution >= 4 is 34.5 Å². The third kappa shape index (κ3) is 3.45. The SMILES string of the molecule is COc1ccc(Cl)cc1NC(=O)c1sccc1-c1ccc(C)cc1. The molecule has 3 rings (SSSR count). The van der Waals surface area contributed by atoms with E-state index in [1.807, 2.05) is 42.6 Å². The van der Waals surface area contributed by atoms with Crippen molar-refractivity contribution in [2.24, 2.45) is 0 Å². The molecule has 0 aliphatic carbocycles. The lowest BCUT2D eigenvalue weighted by Gasteiger charge is -2.11. The van der Waals surface area contributed by atoms with Crippen molar-refractivity contribution < 1.29 is 9.53 Å². The molecule has 0 radical (unpaired) electrons. The summed E-state index contributed by atoms with van der Waals surface area (Å²) in [6.07, 6.45) is 0. The van der Waals surface area contributed by atoms with Crippen LogP contribution < -0.4 is 10.1 Å². The predicted molar refractivity (Wildman–Crippen MR) is 100 cm³/mol. The van der Waals surface area contributed by atoms with E-state index in [9.17, 15) is 4.79 Å². The molecule has 0 spiro atoms. The zero-order valence-electron chi connectivity index (χ0n) is 13.3. The smallest absolute Gasteiger partial charge is 0.266 e. The maximum atomic E-state index is 12.7. The van der Waals surface area contributed by atoms with Crippen LogP contribution in [0.4, 0.5) is 5.69 Å². The van der Waals surface area contributed by atoms with Gasteiger partial charge in [-0.1, -0.05) is 41.4 Å². The van der Waals surface area contributed by atoms with Gasteiger partial charge in [0.1, 0.15) is 5.75 Å². The molecular formula is C19H16ClNO2S. The van der Waals surface area contributed by atoms with E-state index in [4.69, 9.17) is 16.3 Å². The van der Waals surface area contributed by atoms with E-state index in [2.05, 4.69) is 5.32 Å². The fraction of sp³-hybridized carbons (Fsp3) is 0.105. The third-order valence-corrected chi connectivity index (χ3v) is 4.79. The van der Waals surface area contributed by atoms with Gasteiger partial charge in [-0.15, -0.1) is 11.3 Å². The highest BCUT2D eigenvalue weighted by Gasteiger charge is 2.16. The van der Waals surface area contributed by atoms with Crippen LogP contribution in [0.5, 0.6) is 5.75 Å². The normalized spacial score (nSPS) is 10.5. The van der Waals surface area contributed by atoms with Crippen molar-refractivity contribution in [1.29, 1.82) is 0 Å². The topological polar surface area (TPSA) is 38.3 Å². The van der Waals surface area contributed by atoms with Crippen LogP contribution in [-0.4, -0.2) is 13.0 Å². The van der Waals surface area contributed by atoms with E-state index in [0.29, 0.717) is 21.3 Å². The summed E-state index contributed by atoms with van der Waals surface area (Å²) in [5.41, 5.74) is 3.67. The second-order valence-corrected chi connectivity index (χ2v) is 6.68. The zero-order valence-corrected chi connectivity index (χ0v) is 14.9. The average molecular weight is 358 g/mol. The number of amides is 1. The number of methoxy groups -OCH3 is 1. The Balaban J connectivity index is 1.91. The number of thiophene rings is 1. The van der Waals surface area contributed by atoms with Gasteiger partial charge in [0.2, 0.25) is 0 Å². The van der Waals surface area contributed by atoms with Crippen molar-refractivity contribution in [3.8, 4) is 16.9 Å². The summed E-state index contributed by atoms with van der Waals surface area (Å²) in [6, 6.07) is 15.2. The van der Waals surface area contributed by atoms with Crippen LogP contribution in [0, 0.1) is 6.92 Å². The van der Waals surface area contributed by atoms with Crippen LogP contribution >= 0.6 is 22.9 Å². The number of hydrogen-bond acceptors (Lipinski definition) is 3. The molecule has 3 nitrogen and oxygen atoms in total. The number of rotatable bonds is 4. The molecule has 0 bridgehead atoms. The fourth-order valence-corrected chi connectivity index (χ4v) is 3.39. The van der Waals surface area contributed by atoms with Crippen molar-refractivity contribution in [1.82, 2.24) is 0 Å². The lowest BCUT2D eigenvalue weighted by molar-refractivity contribution is 0.103. The summed E-state index contributed by atoms with van der Waals surface area (Å²) in [5.74, 6) is 0.391. The summed E-state index contributed by atoms with van der Waals surface area (Å²) in [5, 5.41) is 5.34. The first-order valence-corrected chi connectivity index (χ1v) is 8.63. The molecule has 0 atom stereocenters. The third-order valence-electron chi connectivity index (χ3n) is 3.64. The number of carbonyl (C=O) groups is 1. The molecule has 0 aliphatic heterocycles. The van der Waals surface area contributed by atoms with Gasteiger partial charge in [0.15, 0.2) is 0 Å². The van der Waals surface area contributed by atoms with Gasteiger partial charge in [-0.2, -0.15) is 0 Å². The van der Waals surface area contributed by atoms with Crippen molar-refractivity contribution in [3.63, 3.8) is 0 Å². The summed E-state index contributed by atoms with van der Waals surface area (Å²) in [7, 11) is 1.56. The summed E-state index contributed by atoms with van der Waals surface area (Å²) in [4.78, 5) is 13.4. The Labute approximate surface area is 149 Å². The second-order valence-electron chi connectivity index (χ2n) is 5.33. The van der Waals surface area contributed by atoms with Crippen LogP contribution in [0.15, 0.2) is 53.9 Å². The van der Waals surface area contributed by atoms with E-state index in [1.54, 1.807) is 25.3 Å². The number of carbonyl (C=O) groups excluding carboxylic acids is 1. The van der Waals surface area contributed by atoms with Crippen LogP contribution in [0.2, 0.25) is 5.02 Å². The van der Waals surface area contributed by atoms with Crippen LogP contribution in [0.25, 0.3) is 11.1 Å². The van der Waals surface area contributed by atoms with Gasteiger partial charge in [0.05, 0.1) is 17.7 Å². The maximum absolute atomic E-state index is 12.7. The molecule has 1 heterocycles. The van der Waals surface area contributed by atoms with Crippen molar-refractivity contribution in [3.05, 3.63) is 69.4 Å². The number of nitrogens with one attached hydrogen (secondary N) is 1. The lowest BCUT2D eigenvalue weighted by atomic mass is 10.0. The summed E-state index contributed by atoms with van der Waals surface area (Å²) < 4.78 is 5.28. The Kier molecular flexibility index (Phi) is 4.88. The fourth-order valence-electron chi connectivity index (χ4n) is 2.40. The first-order valence-electron chi connectivity index (χ1n) is 7.38. The van der Waals surface area contributed by atoms with E-state index < -0.39 is 0 Å². The van der Waals surface area contributed by atoms with E-state index in [0.717, 1.165) is 11.1 Å². The minimum Gasteiger partial charge on any atom is -0.495 e. The molecule has 1 amide bonds. The molecule has 1 N–H and O–H groups in total. The molecule has 0 saturated carbocycles. The zero-order chi connectivity index (χ0) is 17.1. The van der Waals surface area contributed by atoms with Gasteiger partial charge in [0.25, 0.3) is 5.91 Å². The standard InChI is InChI=1S/C19H16ClNO2S/c1-12-3-5-13(6-4-12)15-9-10-24-18(15)19(22)21-16-11-14(20)7-8-17(16)23-2/h3-11H,1-2H3,(H,21,22). The molecule has 1 aromatic heterocycles. The van der Waals surface area contributed by atoms with Crippen molar-refractivity contribution in [2.45, 2.75) is 6.92 Å². The average Bonchev–Trinajstić information content (AvgIpc) is 3.05. The molecule has 24 heavy (non-hydrogen) atoms. The highest BCUT2D eigenvalue weighted by atomic mass is 35.5. The Morgan fingerprint density at radius 2 is 1.88 bits per heavy atom. The molecule has 3 aromatic rings. The molecule has 122 valence electrons. The van der Waals surface area contributed by atoms with E-state index in [1.165, 1.54) is 16.9 Å². The highest BCUT2D eigenvalue weighted by Crippen LogP contribution is 2.32. The molecular weight excluding hydrogens is 342 g/mol. The number of aryl methyl sites for hydroxylation is 1. The van der Waals surface area contributed by atoms with Gasteiger partial charge in [-0.25, -0.2) is 0 Å². The van der Waals surface area contributed by atoms with Gasteiger partial charge in [-0.3, -0.25) is 4.79 Å². The minimum absolute atomic E-state index is 0.179. The highest BCUT2D eigenvalue weighted by molar-refractivity contribution is 7.12. The monoisotopic (exact) mass is 357 g/mol. The summed E-state index contributed by atoms with van der Waals surface area (Å²) in [6.45, 7) is 2.04. The largest absolute Gasteiger partial charge is 0.495 e. The van der Waals surface area contributed by atoms with Gasteiger partial charge < -0.3 is 10.1 Å². The molecule has 0 fully saturated rings. The van der Waals surface area contributed by atoms with Crippen LogP contribution in [0.1, 0.15) is 15.2 Å². The molecule has 0 aliphatic rings. The molecule has 0 saturated heterocycles. The molecule has 5 heteroatoms.